The lowest BCUT2D eigenvalue weighted by molar-refractivity contribution is -0.384. The highest BCUT2D eigenvalue weighted by Gasteiger charge is 2.18. The number of hydrogen-bond acceptors (Lipinski definition) is 4. The molecule has 0 aliphatic heterocycles. The average molecular weight is 262 g/mol. The predicted molar refractivity (Wildman–Crippen MR) is 61.6 cm³/mol. The van der Waals surface area contributed by atoms with Crippen LogP contribution in [0.15, 0.2) is 17.1 Å². The van der Waals surface area contributed by atoms with E-state index in [0.29, 0.717) is 0 Å². The summed E-state index contributed by atoms with van der Waals surface area (Å²) in [5.74, 6) is -1.15. The van der Waals surface area contributed by atoms with Crippen LogP contribution in [0.2, 0.25) is 0 Å². The van der Waals surface area contributed by atoms with E-state index in [1.165, 1.54) is 7.11 Å². The predicted octanol–water partition coefficient (Wildman–Crippen LogP) is 1.97. The number of halogens is 2. The summed E-state index contributed by atoms with van der Waals surface area (Å²) in [6.07, 6.45) is 0. The molecule has 0 atom stereocenters. The van der Waals surface area contributed by atoms with Gasteiger partial charge in [-0.25, -0.2) is 9.38 Å². The number of benzene rings is 1. The first kappa shape index (κ1) is 13.2. The maximum atomic E-state index is 13.4. The third-order valence-corrected chi connectivity index (χ3v) is 2.12. The van der Waals surface area contributed by atoms with E-state index < -0.39 is 16.4 Å². The number of aliphatic imine (C=N–C) groups is 1. The van der Waals surface area contributed by atoms with Crippen molar-refractivity contribution in [2.45, 2.75) is 0 Å². The Bertz CT molecular complexity index is 479. The third kappa shape index (κ3) is 3.04. The number of methoxy groups -OCH3 is 1. The number of ether oxygens (including phenoxy) is 1. The van der Waals surface area contributed by atoms with Crippen LogP contribution in [-0.4, -0.2) is 23.7 Å². The molecular formula is C9H9ClFN3O3. The van der Waals surface area contributed by atoms with E-state index in [-0.39, 0.29) is 23.2 Å². The second-order valence-electron chi connectivity index (χ2n) is 2.97. The molecule has 92 valence electrons. The number of amidine groups is 1. The Balaban J connectivity index is 3.38. The van der Waals surface area contributed by atoms with Gasteiger partial charge in [-0.15, -0.1) is 11.6 Å². The summed E-state index contributed by atoms with van der Waals surface area (Å²) in [6, 6.07) is 1.81. The van der Waals surface area contributed by atoms with Gasteiger partial charge in [-0.2, -0.15) is 0 Å². The van der Waals surface area contributed by atoms with Crippen LogP contribution in [0, 0.1) is 15.9 Å². The van der Waals surface area contributed by atoms with Gasteiger partial charge in [-0.1, -0.05) is 0 Å². The van der Waals surface area contributed by atoms with Crippen molar-refractivity contribution in [1.82, 2.24) is 0 Å². The maximum Gasteiger partial charge on any atom is 0.298 e. The fourth-order valence-corrected chi connectivity index (χ4v) is 1.17. The molecule has 0 fully saturated rings. The van der Waals surface area contributed by atoms with Crippen molar-refractivity contribution in [3.05, 3.63) is 28.1 Å². The van der Waals surface area contributed by atoms with Gasteiger partial charge in [0.2, 0.25) is 0 Å². The molecule has 0 saturated heterocycles. The second-order valence-corrected chi connectivity index (χ2v) is 3.24. The van der Waals surface area contributed by atoms with Crippen LogP contribution in [0.1, 0.15) is 0 Å². The Morgan fingerprint density at radius 3 is 2.82 bits per heavy atom. The van der Waals surface area contributed by atoms with Crippen molar-refractivity contribution in [1.29, 1.82) is 0 Å². The standard InChI is InChI=1S/C9H9ClFN3O3/c1-17-8-3-7(14(15)16)6(2-5(8)11)13-9(12)4-10/h2-3H,4H2,1H3,(H2,12,13). The first-order valence-electron chi connectivity index (χ1n) is 4.40. The van der Waals surface area contributed by atoms with Crippen LogP contribution in [0.4, 0.5) is 15.8 Å². The van der Waals surface area contributed by atoms with E-state index in [1.54, 1.807) is 0 Å². The van der Waals surface area contributed by atoms with E-state index in [9.17, 15) is 14.5 Å². The second kappa shape index (κ2) is 5.44. The molecule has 6 nitrogen and oxygen atoms in total. The quantitative estimate of drug-likeness (QED) is 0.295. The number of hydrogen-bond donors (Lipinski definition) is 1. The summed E-state index contributed by atoms with van der Waals surface area (Å²) in [5.41, 5.74) is 4.73. The van der Waals surface area contributed by atoms with Crippen LogP contribution in [0.3, 0.4) is 0 Å². The zero-order valence-electron chi connectivity index (χ0n) is 8.81. The van der Waals surface area contributed by atoms with Gasteiger partial charge in [-0.3, -0.25) is 10.1 Å². The molecule has 0 saturated carbocycles. The number of nitro benzene ring substituents is 1. The minimum atomic E-state index is -0.765. The number of nitrogens with two attached hydrogens (primary N) is 1. The Hall–Kier alpha value is -1.89. The van der Waals surface area contributed by atoms with E-state index >= 15 is 0 Å². The molecule has 1 rings (SSSR count). The lowest BCUT2D eigenvalue weighted by atomic mass is 10.2. The summed E-state index contributed by atoms with van der Waals surface area (Å²) in [6.45, 7) is 0. The summed E-state index contributed by atoms with van der Waals surface area (Å²) in [5, 5.41) is 10.8. The van der Waals surface area contributed by atoms with Gasteiger partial charge < -0.3 is 10.5 Å². The summed E-state index contributed by atoms with van der Waals surface area (Å²) < 4.78 is 18.0. The van der Waals surface area contributed by atoms with Gasteiger partial charge in [0.05, 0.1) is 24.0 Å². The Kier molecular flexibility index (Phi) is 4.22. The number of nitro groups is 1. The van der Waals surface area contributed by atoms with Crippen LogP contribution in [0.25, 0.3) is 0 Å². The molecule has 2 N–H and O–H groups in total. The summed E-state index contributed by atoms with van der Waals surface area (Å²) in [4.78, 5) is 13.7. The molecule has 0 bridgehead atoms. The lowest BCUT2D eigenvalue weighted by Gasteiger charge is -2.04. The van der Waals surface area contributed by atoms with Crippen molar-refractivity contribution < 1.29 is 14.1 Å². The largest absolute Gasteiger partial charge is 0.493 e. The van der Waals surface area contributed by atoms with Crippen molar-refractivity contribution in [3.8, 4) is 5.75 Å². The molecule has 0 heterocycles. The monoisotopic (exact) mass is 261 g/mol. The highest BCUT2D eigenvalue weighted by molar-refractivity contribution is 6.28. The third-order valence-electron chi connectivity index (χ3n) is 1.85. The Labute approximate surface area is 101 Å². The molecule has 0 aromatic heterocycles. The molecule has 0 amide bonds. The fourth-order valence-electron chi connectivity index (χ4n) is 1.11. The smallest absolute Gasteiger partial charge is 0.298 e. The molecule has 0 aliphatic rings. The lowest BCUT2D eigenvalue weighted by Crippen LogP contribution is -2.12. The van der Waals surface area contributed by atoms with Crippen molar-refractivity contribution >= 4 is 28.8 Å². The number of alkyl halides is 1. The van der Waals surface area contributed by atoms with Crippen LogP contribution in [-0.2, 0) is 0 Å². The van der Waals surface area contributed by atoms with Crippen molar-refractivity contribution in [2.24, 2.45) is 10.7 Å². The summed E-state index contributed by atoms with van der Waals surface area (Å²) >= 11 is 5.39. The molecule has 0 spiro atoms. The normalized spacial score (nSPS) is 11.4. The van der Waals surface area contributed by atoms with Crippen molar-refractivity contribution in [3.63, 3.8) is 0 Å². The van der Waals surface area contributed by atoms with Gasteiger partial charge in [0.15, 0.2) is 11.6 Å². The molecule has 0 radical (unpaired) electrons. The van der Waals surface area contributed by atoms with Crippen molar-refractivity contribution in [2.75, 3.05) is 13.0 Å². The van der Waals surface area contributed by atoms with E-state index in [0.717, 1.165) is 12.1 Å². The van der Waals surface area contributed by atoms with Crippen LogP contribution < -0.4 is 10.5 Å². The van der Waals surface area contributed by atoms with E-state index in [2.05, 4.69) is 9.73 Å². The van der Waals surface area contributed by atoms with Gasteiger partial charge >= 0.3 is 0 Å². The average Bonchev–Trinajstić information content (AvgIpc) is 2.28. The highest BCUT2D eigenvalue weighted by Crippen LogP contribution is 2.33. The zero-order chi connectivity index (χ0) is 13.0. The minimum Gasteiger partial charge on any atom is -0.493 e. The van der Waals surface area contributed by atoms with Gasteiger partial charge in [0.25, 0.3) is 5.69 Å². The van der Waals surface area contributed by atoms with Crippen LogP contribution in [0.5, 0.6) is 5.75 Å². The first-order valence-corrected chi connectivity index (χ1v) is 4.94. The first-order chi connectivity index (χ1) is 7.99. The van der Waals surface area contributed by atoms with E-state index in [4.69, 9.17) is 17.3 Å². The Morgan fingerprint density at radius 2 is 2.35 bits per heavy atom. The molecule has 8 heteroatoms. The molecule has 0 aliphatic carbocycles. The molecule has 0 unspecified atom stereocenters. The minimum absolute atomic E-state index is 0.0423. The van der Waals surface area contributed by atoms with Gasteiger partial charge in [0, 0.05) is 6.07 Å². The molecule has 1 aromatic rings. The van der Waals surface area contributed by atoms with Gasteiger partial charge in [0.1, 0.15) is 11.5 Å². The fraction of sp³-hybridized carbons (Fsp3) is 0.222. The van der Waals surface area contributed by atoms with Crippen LogP contribution >= 0.6 is 11.6 Å². The number of rotatable bonds is 4. The summed E-state index contributed by atoms with van der Waals surface area (Å²) in [7, 11) is 1.21. The topological polar surface area (TPSA) is 90.8 Å². The molecule has 17 heavy (non-hydrogen) atoms. The Morgan fingerprint density at radius 1 is 1.71 bits per heavy atom. The molecule has 1 aromatic carbocycles. The zero-order valence-corrected chi connectivity index (χ0v) is 9.57. The SMILES string of the molecule is COc1cc([N+](=O)[O-])c(N=C(N)CCl)cc1F. The number of nitrogens with zero attached hydrogens (tertiary/aromatic N) is 2. The van der Waals surface area contributed by atoms with E-state index in [1.807, 2.05) is 0 Å². The maximum absolute atomic E-state index is 13.4. The molecular weight excluding hydrogens is 253 g/mol. The van der Waals surface area contributed by atoms with Gasteiger partial charge in [-0.05, 0) is 0 Å². The highest BCUT2D eigenvalue weighted by atomic mass is 35.5.